The Balaban J connectivity index is 1.76. The molecule has 134 valence electrons. The van der Waals surface area contributed by atoms with Crippen LogP contribution < -0.4 is 10.2 Å². The summed E-state index contributed by atoms with van der Waals surface area (Å²) in [5, 5.41) is 10.2. The quantitative estimate of drug-likeness (QED) is 0.896. The number of morpholine rings is 1. The Morgan fingerprint density at radius 2 is 1.96 bits per heavy atom. The van der Waals surface area contributed by atoms with E-state index in [1.165, 1.54) is 0 Å². The minimum absolute atomic E-state index is 0.0330. The van der Waals surface area contributed by atoms with Gasteiger partial charge in [-0.05, 0) is 39.8 Å². The van der Waals surface area contributed by atoms with E-state index in [-0.39, 0.29) is 18.1 Å². The molecule has 2 unspecified atom stereocenters. The summed E-state index contributed by atoms with van der Waals surface area (Å²) in [6.07, 6.45) is 0.658. The maximum Gasteiger partial charge on any atom is 0.228 e. The van der Waals surface area contributed by atoms with Gasteiger partial charge in [-0.25, -0.2) is 0 Å². The standard InChI is InChI=1S/C19H26N4O2/c1-12-10-23(11-13(2)25-12)18-8-6-5-7-17(18)20-19(24)9-16-14(3)21-22-15(16)4/h5-8,12-13H,9-11H2,1-4H3,(H,20,24)(H,21,22). The molecule has 1 amide bonds. The molecule has 2 atom stereocenters. The van der Waals surface area contributed by atoms with Crippen LogP contribution >= 0.6 is 0 Å². The number of H-pyrrole nitrogens is 1. The van der Waals surface area contributed by atoms with E-state index < -0.39 is 0 Å². The first-order valence-electron chi connectivity index (χ1n) is 8.73. The summed E-state index contributed by atoms with van der Waals surface area (Å²) in [6.45, 7) is 9.64. The van der Waals surface area contributed by atoms with Crippen molar-refractivity contribution in [3.63, 3.8) is 0 Å². The number of nitrogens with zero attached hydrogens (tertiary/aromatic N) is 2. The monoisotopic (exact) mass is 342 g/mol. The topological polar surface area (TPSA) is 70.2 Å². The molecule has 0 aliphatic carbocycles. The first-order valence-corrected chi connectivity index (χ1v) is 8.73. The summed E-state index contributed by atoms with van der Waals surface area (Å²) < 4.78 is 5.82. The zero-order valence-electron chi connectivity index (χ0n) is 15.3. The van der Waals surface area contributed by atoms with Crippen molar-refractivity contribution in [1.29, 1.82) is 0 Å². The van der Waals surface area contributed by atoms with E-state index >= 15 is 0 Å². The van der Waals surface area contributed by atoms with E-state index in [9.17, 15) is 4.79 Å². The number of nitrogens with one attached hydrogen (secondary N) is 2. The van der Waals surface area contributed by atoms with Crippen molar-refractivity contribution < 1.29 is 9.53 Å². The van der Waals surface area contributed by atoms with E-state index in [0.717, 1.165) is 41.4 Å². The van der Waals surface area contributed by atoms with Gasteiger partial charge in [0.25, 0.3) is 0 Å². The predicted molar refractivity (Wildman–Crippen MR) is 99.1 cm³/mol. The van der Waals surface area contributed by atoms with Crippen molar-refractivity contribution in [3.8, 4) is 0 Å². The van der Waals surface area contributed by atoms with E-state index in [1.807, 2.05) is 32.0 Å². The third-order valence-electron chi connectivity index (χ3n) is 4.56. The molecule has 2 N–H and O–H groups in total. The SMILES string of the molecule is Cc1n[nH]c(C)c1CC(=O)Nc1ccccc1N1CC(C)OC(C)C1. The van der Waals surface area contributed by atoms with E-state index in [1.54, 1.807) is 0 Å². The predicted octanol–water partition coefficient (Wildman–Crippen LogP) is 2.82. The molecule has 2 heterocycles. The Labute approximate surface area is 148 Å². The summed E-state index contributed by atoms with van der Waals surface area (Å²) in [5.74, 6) is -0.0330. The Bertz CT molecular complexity index is 726. The number of aromatic amines is 1. The number of benzene rings is 1. The molecule has 2 aromatic rings. The maximum absolute atomic E-state index is 12.6. The lowest BCUT2D eigenvalue weighted by molar-refractivity contribution is -0.115. The van der Waals surface area contributed by atoms with Gasteiger partial charge in [0.1, 0.15) is 0 Å². The molecule has 3 rings (SSSR count). The molecule has 1 saturated heterocycles. The van der Waals surface area contributed by atoms with Crippen molar-refractivity contribution >= 4 is 17.3 Å². The van der Waals surface area contributed by atoms with Gasteiger partial charge in [0.2, 0.25) is 5.91 Å². The molecule has 0 spiro atoms. The minimum Gasteiger partial charge on any atom is -0.372 e. The number of ether oxygens (including phenoxy) is 1. The highest BCUT2D eigenvalue weighted by molar-refractivity contribution is 5.95. The first-order chi connectivity index (χ1) is 11.9. The van der Waals surface area contributed by atoms with Crippen LogP contribution in [0.2, 0.25) is 0 Å². The van der Waals surface area contributed by atoms with Crippen LogP contribution in [0.4, 0.5) is 11.4 Å². The number of carbonyl (C=O) groups is 1. The summed E-state index contributed by atoms with van der Waals surface area (Å²) in [6, 6.07) is 7.95. The van der Waals surface area contributed by atoms with Crippen molar-refractivity contribution in [3.05, 3.63) is 41.2 Å². The van der Waals surface area contributed by atoms with Gasteiger partial charge >= 0.3 is 0 Å². The van der Waals surface area contributed by atoms with Gasteiger partial charge < -0.3 is 15.0 Å². The maximum atomic E-state index is 12.6. The van der Waals surface area contributed by atoms with Gasteiger partial charge in [0.15, 0.2) is 0 Å². The molecule has 1 aliphatic rings. The van der Waals surface area contributed by atoms with Crippen LogP contribution in [-0.2, 0) is 16.0 Å². The molecule has 0 bridgehead atoms. The highest BCUT2D eigenvalue weighted by Crippen LogP contribution is 2.28. The van der Waals surface area contributed by atoms with Crippen molar-refractivity contribution in [1.82, 2.24) is 10.2 Å². The van der Waals surface area contributed by atoms with E-state index in [2.05, 4.69) is 40.3 Å². The lowest BCUT2D eigenvalue weighted by Gasteiger charge is -2.37. The van der Waals surface area contributed by atoms with Gasteiger partial charge in [0, 0.05) is 24.3 Å². The van der Waals surface area contributed by atoms with Gasteiger partial charge in [0.05, 0.1) is 35.7 Å². The second kappa shape index (κ2) is 7.27. The van der Waals surface area contributed by atoms with Crippen LogP contribution in [0.1, 0.15) is 30.8 Å². The number of amides is 1. The lowest BCUT2D eigenvalue weighted by Crippen LogP contribution is -2.45. The summed E-state index contributed by atoms with van der Waals surface area (Å²) in [7, 11) is 0. The molecular weight excluding hydrogens is 316 g/mol. The zero-order valence-corrected chi connectivity index (χ0v) is 15.3. The summed E-state index contributed by atoms with van der Waals surface area (Å²) >= 11 is 0. The van der Waals surface area contributed by atoms with E-state index in [0.29, 0.717) is 6.42 Å². The number of para-hydroxylation sites is 2. The van der Waals surface area contributed by atoms with Gasteiger partial charge in [-0.2, -0.15) is 5.10 Å². The molecule has 25 heavy (non-hydrogen) atoms. The average Bonchev–Trinajstić information content (AvgIpc) is 2.86. The fraction of sp³-hybridized carbons (Fsp3) is 0.474. The highest BCUT2D eigenvalue weighted by atomic mass is 16.5. The molecule has 1 aliphatic heterocycles. The minimum atomic E-state index is -0.0330. The average molecular weight is 342 g/mol. The Morgan fingerprint density at radius 1 is 1.28 bits per heavy atom. The third kappa shape index (κ3) is 4.02. The number of aryl methyl sites for hydroxylation is 2. The summed E-state index contributed by atoms with van der Waals surface area (Å²) in [4.78, 5) is 14.8. The molecule has 1 aromatic heterocycles. The number of hydrogen-bond acceptors (Lipinski definition) is 4. The van der Waals surface area contributed by atoms with Crippen LogP contribution in [0.25, 0.3) is 0 Å². The molecule has 1 aromatic carbocycles. The smallest absolute Gasteiger partial charge is 0.228 e. The Hall–Kier alpha value is -2.34. The van der Waals surface area contributed by atoms with Crippen LogP contribution in [-0.4, -0.2) is 41.4 Å². The molecule has 6 heteroatoms. The summed E-state index contributed by atoms with van der Waals surface area (Å²) in [5.41, 5.74) is 4.66. The molecule has 0 radical (unpaired) electrons. The van der Waals surface area contributed by atoms with Crippen molar-refractivity contribution in [2.45, 2.75) is 46.3 Å². The largest absolute Gasteiger partial charge is 0.372 e. The van der Waals surface area contributed by atoms with E-state index in [4.69, 9.17) is 4.74 Å². The fourth-order valence-electron chi connectivity index (χ4n) is 3.42. The highest BCUT2D eigenvalue weighted by Gasteiger charge is 2.24. The number of hydrogen-bond donors (Lipinski definition) is 2. The second-order valence-electron chi connectivity index (χ2n) is 6.82. The Morgan fingerprint density at radius 3 is 2.60 bits per heavy atom. The van der Waals surface area contributed by atoms with Crippen molar-refractivity contribution in [2.24, 2.45) is 0 Å². The second-order valence-corrected chi connectivity index (χ2v) is 6.82. The normalized spacial score (nSPS) is 20.6. The molecule has 1 fully saturated rings. The fourth-order valence-corrected chi connectivity index (χ4v) is 3.42. The van der Waals surface area contributed by atoms with Crippen molar-refractivity contribution in [2.75, 3.05) is 23.3 Å². The Kier molecular flexibility index (Phi) is 5.08. The van der Waals surface area contributed by atoms with Crippen LogP contribution in [0, 0.1) is 13.8 Å². The lowest BCUT2D eigenvalue weighted by atomic mass is 10.1. The molecule has 6 nitrogen and oxygen atoms in total. The van der Waals surface area contributed by atoms with Crippen LogP contribution in [0.5, 0.6) is 0 Å². The van der Waals surface area contributed by atoms with Gasteiger partial charge in [-0.15, -0.1) is 0 Å². The zero-order chi connectivity index (χ0) is 18.0. The van der Waals surface area contributed by atoms with Gasteiger partial charge in [-0.3, -0.25) is 9.89 Å². The van der Waals surface area contributed by atoms with Crippen LogP contribution in [0.15, 0.2) is 24.3 Å². The number of anilines is 2. The number of rotatable bonds is 4. The van der Waals surface area contributed by atoms with Crippen LogP contribution in [0.3, 0.4) is 0 Å². The number of carbonyl (C=O) groups excluding carboxylic acids is 1. The molecule has 0 saturated carbocycles. The first kappa shape index (κ1) is 17.5. The molecular formula is C19H26N4O2. The number of aromatic nitrogens is 2. The van der Waals surface area contributed by atoms with Gasteiger partial charge in [-0.1, -0.05) is 12.1 Å². The third-order valence-corrected chi connectivity index (χ3v) is 4.56.